The quantitative estimate of drug-likeness (QED) is 0.443. The molecule has 2 aromatic carbocycles. The van der Waals surface area contributed by atoms with Crippen molar-refractivity contribution in [1.29, 1.82) is 0 Å². The number of rotatable bonds is 5. The summed E-state index contributed by atoms with van der Waals surface area (Å²) in [7, 11) is 0. The van der Waals surface area contributed by atoms with Crippen LogP contribution < -0.4 is 10.2 Å². The van der Waals surface area contributed by atoms with Crippen LogP contribution in [0.2, 0.25) is 0 Å². The van der Waals surface area contributed by atoms with E-state index in [2.05, 4.69) is 5.32 Å². The summed E-state index contributed by atoms with van der Waals surface area (Å²) < 4.78 is 5.15. The Labute approximate surface area is 186 Å². The number of fused-ring (bicyclic) bond motifs is 1. The van der Waals surface area contributed by atoms with E-state index in [-0.39, 0.29) is 29.2 Å². The molecule has 1 N–H and O–H groups in total. The largest absolute Gasteiger partial charge is 0.452 e. The van der Waals surface area contributed by atoms with Crippen LogP contribution in [-0.2, 0) is 19.1 Å². The Kier molecular flexibility index (Phi) is 5.90. The number of ether oxygens (including phenoxy) is 1. The molecule has 1 fully saturated rings. The molecule has 7 heteroatoms. The molecule has 1 aliphatic carbocycles. The lowest BCUT2D eigenvalue weighted by Gasteiger charge is -2.15. The van der Waals surface area contributed by atoms with Crippen LogP contribution in [0.4, 0.5) is 11.4 Å². The van der Waals surface area contributed by atoms with E-state index in [0.29, 0.717) is 24.2 Å². The normalized spacial score (nSPS) is 19.6. The lowest BCUT2D eigenvalue weighted by atomic mass is 9.85. The van der Waals surface area contributed by atoms with Gasteiger partial charge in [-0.15, -0.1) is 0 Å². The highest BCUT2D eigenvalue weighted by atomic mass is 16.5. The number of hydrogen-bond acceptors (Lipinski definition) is 5. The van der Waals surface area contributed by atoms with Crippen LogP contribution >= 0.6 is 0 Å². The predicted octanol–water partition coefficient (Wildman–Crippen LogP) is 3.55. The summed E-state index contributed by atoms with van der Waals surface area (Å²) in [4.78, 5) is 51.4. The van der Waals surface area contributed by atoms with E-state index in [9.17, 15) is 19.2 Å². The van der Waals surface area contributed by atoms with Crippen LogP contribution in [0.25, 0.3) is 0 Å². The molecule has 0 aromatic heterocycles. The highest BCUT2D eigenvalue weighted by Crippen LogP contribution is 2.37. The molecule has 4 rings (SSSR count). The van der Waals surface area contributed by atoms with Crippen molar-refractivity contribution in [2.24, 2.45) is 11.8 Å². The minimum Gasteiger partial charge on any atom is -0.452 e. The monoisotopic (exact) mass is 432 g/mol. The molecule has 2 aliphatic rings. The highest BCUT2D eigenvalue weighted by molar-refractivity contribution is 6.22. The van der Waals surface area contributed by atoms with Crippen LogP contribution in [0.5, 0.6) is 0 Å². The molecule has 0 bridgehead atoms. The lowest BCUT2D eigenvalue weighted by molar-refractivity contribution is -0.122. The minimum absolute atomic E-state index is 0.163. The van der Waals surface area contributed by atoms with Gasteiger partial charge < -0.3 is 10.1 Å². The number of anilines is 2. The van der Waals surface area contributed by atoms with E-state index < -0.39 is 18.5 Å². The summed E-state index contributed by atoms with van der Waals surface area (Å²) in [6, 6.07) is 11.7. The number of allylic oxidation sites excluding steroid dienone is 2. The summed E-state index contributed by atoms with van der Waals surface area (Å²) >= 11 is 0. The van der Waals surface area contributed by atoms with Gasteiger partial charge in [0, 0.05) is 5.69 Å². The van der Waals surface area contributed by atoms with Crippen LogP contribution in [0, 0.1) is 25.7 Å². The third kappa shape index (κ3) is 4.06. The van der Waals surface area contributed by atoms with Crippen molar-refractivity contribution in [2.75, 3.05) is 16.8 Å². The van der Waals surface area contributed by atoms with Crippen molar-refractivity contribution in [3.8, 4) is 0 Å². The number of imide groups is 1. The predicted molar refractivity (Wildman–Crippen MR) is 119 cm³/mol. The summed E-state index contributed by atoms with van der Waals surface area (Å²) in [5.41, 5.74) is 3.14. The Balaban J connectivity index is 1.41. The molecule has 1 aliphatic heterocycles. The molecular weight excluding hydrogens is 408 g/mol. The van der Waals surface area contributed by atoms with E-state index in [1.54, 1.807) is 18.2 Å². The van der Waals surface area contributed by atoms with Gasteiger partial charge >= 0.3 is 5.97 Å². The van der Waals surface area contributed by atoms with Gasteiger partial charge in [-0.1, -0.05) is 30.4 Å². The van der Waals surface area contributed by atoms with Gasteiger partial charge in [0.25, 0.3) is 5.91 Å². The van der Waals surface area contributed by atoms with Gasteiger partial charge in [-0.3, -0.25) is 19.3 Å². The second-order valence-electron chi connectivity index (χ2n) is 8.09. The average Bonchev–Trinajstić information content (AvgIpc) is 3.05. The average molecular weight is 432 g/mol. The van der Waals surface area contributed by atoms with Crippen molar-refractivity contribution in [3.05, 3.63) is 71.3 Å². The molecule has 0 spiro atoms. The molecule has 3 amide bonds. The molecule has 0 radical (unpaired) electrons. The zero-order valence-electron chi connectivity index (χ0n) is 18.0. The lowest BCUT2D eigenvalue weighted by Crippen LogP contribution is -2.31. The van der Waals surface area contributed by atoms with Crippen molar-refractivity contribution in [1.82, 2.24) is 0 Å². The maximum Gasteiger partial charge on any atom is 0.338 e. The Hall–Kier alpha value is -3.74. The van der Waals surface area contributed by atoms with Crippen molar-refractivity contribution >= 4 is 35.1 Å². The molecule has 2 atom stereocenters. The van der Waals surface area contributed by atoms with Gasteiger partial charge in [0.1, 0.15) is 0 Å². The molecule has 32 heavy (non-hydrogen) atoms. The SMILES string of the molecule is Cc1cccc(NC(=O)COC(=O)c2cccc(N3C(=O)[C@H]4CC=CC[C@@H]4C3=O)c2)c1C. The molecular formula is C25H24N2O5. The van der Waals surface area contributed by atoms with Crippen LogP contribution in [-0.4, -0.2) is 30.3 Å². The summed E-state index contributed by atoms with van der Waals surface area (Å²) in [6.07, 6.45) is 4.94. The number of amides is 3. The number of hydrogen-bond donors (Lipinski definition) is 1. The summed E-state index contributed by atoms with van der Waals surface area (Å²) in [6.45, 7) is 3.39. The Morgan fingerprint density at radius 3 is 2.34 bits per heavy atom. The van der Waals surface area contributed by atoms with E-state index in [4.69, 9.17) is 4.74 Å². The number of benzene rings is 2. The molecule has 164 valence electrons. The maximum absolute atomic E-state index is 12.8. The third-order valence-corrected chi connectivity index (χ3v) is 6.06. The molecule has 2 aromatic rings. The standard InChI is InChI=1S/C25H24N2O5/c1-15-7-5-12-21(16(15)2)26-22(28)14-32-25(31)17-8-6-9-18(13-17)27-23(29)19-10-3-4-11-20(19)24(27)30/h3-9,12-13,19-20H,10-11,14H2,1-2H3,(H,26,28)/t19-,20-/m0/s1. The van der Waals surface area contributed by atoms with E-state index in [0.717, 1.165) is 16.0 Å². The first kappa shape index (κ1) is 21.5. The molecule has 0 saturated carbocycles. The summed E-state index contributed by atoms with van der Waals surface area (Å²) in [5, 5.41) is 2.73. The van der Waals surface area contributed by atoms with Crippen LogP contribution in [0.15, 0.2) is 54.6 Å². The smallest absolute Gasteiger partial charge is 0.338 e. The van der Waals surface area contributed by atoms with Crippen molar-refractivity contribution in [3.63, 3.8) is 0 Å². The zero-order valence-corrected chi connectivity index (χ0v) is 18.0. The highest BCUT2D eigenvalue weighted by Gasteiger charge is 2.47. The number of carbonyl (C=O) groups is 4. The Morgan fingerprint density at radius 1 is 1.00 bits per heavy atom. The molecule has 0 unspecified atom stereocenters. The fraction of sp³-hybridized carbons (Fsp3) is 0.280. The third-order valence-electron chi connectivity index (χ3n) is 6.06. The fourth-order valence-corrected chi connectivity index (χ4v) is 4.11. The number of esters is 1. The molecule has 7 nitrogen and oxygen atoms in total. The minimum atomic E-state index is -0.707. The number of carbonyl (C=O) groups excluding carboxylic acids is 4. The number of nitrogens with one attached hydrogen (secondary N) is 1. The first-order valence-corrected chi connectivity index (χ1v) is 10.5. The summed E-state index contributed by atoms with van der Waals surface area (Å²) in [5.74, 6) is -2.36. The first-order valence-electron chi connectivity index (χ1n) is 10.5. The Morgan fingerprint density at radius 2 is 1.66 bits per heavy atom. The van der Waals surface area contributed by atoms with Crippen molar-refractivity contribution in [2.45, 2.75) is 26.7 Å². The van der Waals surface area contributed by atoms with Crippen molar-refractivity contribution < 1.29 is 23.9 Å². The second-order valence-corrected chi connectivity index (χ2v) is 8.09. The van der Waals surface area contributed by atoms with E-state index in [1.807, 2.05) is 38.1 Å². The topological polar surface area (TPSA) is 92.8 Å². The number of aryl methyl sites for hydroxylation is 1. The van der Waals surface area contributed by atoms with Crippen LogP contribution in [0.3, 0.4) is 0 Å². The second kappa shape index (κ2) is 8.78. The van der Waals surface area contributed by atoms with Crippen LogP contribution in [0.1, 0.15) is 34.3 Å². The first-order chi connectivity index (χ1) is 15.4. The maximum atomic E-state index is 12.8. The fourth-order valence-electron chi connectivity index (χ4n) is 4.11. The number of nitrogens with zero attached hydrogens (tertiary/aromatic N) is 1. The van der Waals surface area contributed by atoms with Gasteiger partial charge in [-0.05, 0) is 62.1 Å². The zero-order chi connectivity index (χ0) is 22.8. The molecule has 1 saturated heterocycles. The van der Waals surface area contributed by atoms with Gasteiger partial charge in [0.2, 0.25) is 11.8 Å². The van der Waals surface area contributed by atoms with Gasteiger partial charge in [0.05, 0.1) is 23.1 Å². The van der Waals surface area contributed by atoms with Gasteiger partial charge in [0.15, 0.2) is 6.61 Å². The van der Waals surface area contributed by atoms with E-state index in [1.165, 1.54) is 12.1 Å². The molecule has 1 heterocycles. The Bertz CT molecular complexity index is 1110. The van der Waals surface area contributed by atoms with E-state index >= 15 is 0 Å². The van der Waals surface area contributed by atoms with Gasteiger partial charge in [-0.2, -0.15) is 0 Å². The van der Waals surface area contributed by atoms with Gasteiger partial charge in [-0.25, -0.2) is 4.79 Å².